The number of likely N-dealkylation sites (N-methyl/N-ethyl adjacent to an activating group) is 1. The van der Waals surface area contributed by atoms with Gasteiger partial charge in [0.1, 0.15) is 11.9 Å². The Morgan fingerprint density at radius 1 is 1.32 bits per heavy atom. The van der Waals surface area contributed by atoms with Crippen LogP contribution in [0.4, 0.5) is 4.79 Å². The summed E-state index contributed by atoms with van der Waals surface area (Å²) in [4.78, 5) is 18.0. The third-order valence-corrected chi connectivity index (χ3v) is 4.36. The molecule has 2 heterocycles. The van der Waals surface area contributed by atoms with E-state index in [1.807, 2.05) is 52.1 Å². The summed E-state index contributed by atoms with van der Waals surface area (Å²) in [6.07, 6.45) is 6.43. The van der Waals surface area contributed by atoms with E-state index in [9.17, 15) is 4.79 Å². The quantitative estimate of drug-likeness (QED) is 0.793. The average Bonchev–Trinajstić information content (AvgIpc) is 2.99. The fourth-order valence-corrected chi connectivity index (χ4v) is 2.91. The highest BCUT2D eigenvalue weighted by Crippen LogP contribution is 2.21. The number of carbonyl (C=O) groups is 1. The molecule has 0 unspecified atom stereocenters. The van der Waals surface area contributed by atoms with Crippen molar-refractivity contribution in [3.8, 4) is 18.2 Å². The van der Waals surface area contributed by atoms with Crippen LogP contribution in [0.15, 0.2) is 30.3 Å². The Hall–Kier alpha value is -2.35. The maximum Gasteiger partial charge on any atom is 0.320 e. The molecule has 0 saturated carbocycles. The molecule has 0 radical (unpaired) electrons. The average molecular weight is 299 g/mol. The van der Waals surface area contributed by atoms with Gasteiger partial charge in [-0.2, -0.15) is 0 Å². The summed E-state index contributed by atoms with van der Waals surface area (Å²) in [5.74, 6) is 0.855. The number of rotatable bonds is 3. The molecular formula is C17H21N3O2. The van der Waals surface area contributed by atoms with Gasteiger partial charge in [-0.05, 0) is 18.6 Å². The first-order valence-electron chi connectivity index (χ1n) is 7.62. The van der Waals surface area contributed by atoms with Crippen LogP contribution in [0.3, 0.4) is 0 Å². The number of carbonyl (C=O) groups excluding carboxylic acids is 1. The van der Waals surface area contributed by atoms with E-state index < -0.39 is 0 Å². The van der Waals surface area contributed by atoms with Crippen molar-refractivity contribution >= 4 is 6.03 Å². The number of likely N-dealkylation sites (tertiary alicyclic amines) is 2. The van der Waals surface area contributed by atoms with E-state index in [-0.39, 0.29) is 18.2 Å². The Balaban J connectivity index is 1.46. The number of urea groups is 1. The van der Waals surface area contributed by atoms with Crippen LogP contribution in [0.25, 0.3) is 0 Å². The standard InChI is InChI=1S/C17H21N3O2/c1-3-19-10-9-14(11-19)18(2)17(21)20-12-16(13-20)22-15-7-5-4-6-8-15/h1,4-8,14,16H,9-13H2,2H3/t14-/m1/s1. The second-order valence-electron chi connectivity index (χ2n) is 5.87. The van der Waals surface area contributed by atoms with Crippen molar-refractivity contribution in [2.75, 3.05) is 33.2 Å². The van der Waals surface area contributed by atoms with E-state index in [1.54, 1.807) is 0 Å². The summed E-state index contributed by atoms with van der Waals surface area (Å²) in [5.41, 5.74) is 0. The van der Waals surface area contributed by atoms with E-state index in [0.29, 0.717) is 13.1 Å². The molecule has 0 aromatic heterocycles. The smallest absolute Gasteiger partial charge is 0.320 e. The minimum absolute atomic E-state index is 0.0665. The van der Waals surface area contributed by atoms with Gasteiger partial charge in [0.2, 0.25) is 0 Å². The third kappa shape index (κ3) is 2.96. The van der Waals surface area contributed by atoms with Gasteiger partial charge >= 0.3 is 6.03 Å². The number of amides is 2. The fraction of sp³-hybridized carbons (Fsp3) is 0.471. The minimum atomic E-state index is 0.0665. The molecule has 5 nitrogen and oxygen atoms in total. The van der Waals surface area contributed by atoms with Gasteiger partial charge in [-0.1, -0.05) is 24.6 Å². The van der Waals surface area contributed by atoms with Crippen LogP contribution in [0.1, 0.15) is 6.42 Å². The van der Waals surface area contributed by atoms with Crippen molar-refractivity contribution in [1.29, 1.82) is 0 Å². The minimum Gasteiger partial charge on any atom is -0.487 e. The number of para-hydroxylation sites is 1. The Bertz CT molecular complexity index is 563. The van der Waals surface area contributed by atoms with E-state index in [0.717, 1.165) is 25.3 Å². The third-order valence-electron chi connectivity index (χ3n) is 4.36. The lowest BCUT2D eigenvalue weighted by molar-refractivity contribution is 0.0298. The van der Waals surface area contributed by atoms with Crippen LogP contribution in [0, 0.1) is 12.5 Å². The lowest BCUT2D eigenvalue weighted by atomic mass is 10.1. The highest BCUT2D eigenvalue weighted by Gasteiger charge is 2.37. The molecule has 1 atom stereocenters. The second kappa shape index (κ2) is 6.18. The van der Waals surface area contributed by atoms with Gasteiger partial charge in [-0.15, -0.1) is 0 Å². The first-order valence-corrected chi connectivity index (χ1v) is 7.62. The molecule has 2 aliphatic rings. The van der Waals surface area contributed by atoms with Gasteiger partial charge in [0, 0.05) is 26.2 Å². The molecule has 2 saturated heterocycles. The molecule has 0 N–H and O–H groups in total. The van der Waals surface area contributed by atoms with Gasteiger partial charge in [0.05, 0.1) is 19.1 Å². The van der Waals surface area contributed by atoms with Crippen LogP contribution in [-0.4, -0.2) is 66.1 Å². The predicted molar refractivity (Wildman–Crippen MR) is 84.4 cm³/mol. The molecule has 5 heteroatoms. The van der Waals surface area contributed by atoms with Crippen LogP contribution < -0.4 is 4.74 Å². The molecular weight excluding hydrogens is 278 g/mol. The Labute approximate surface area is 131 Å². The van der Waals surface area contributed by atoms with Crippen LogP contribution in [0.5, 0.6) is 5.75 Å². The summed E-state index contributed by atoms with van der Waals surface area (Å²) in [6, 6.07) is 12.6. The van der Waals surface area contributed by atoms with Crippen molar-refractivity contribution in [1.82, 2.24) is 14.7 Å². The van der Waals surface area contributed by atoms with E-state index in [2.05, 4.69) is 6.04 Å². The first-order chi connectivity index (χ1) is 10.7. The molecule has 22 heavy (non-hydrogen) atoms. The first kappa shape index (κ1) is 14.6. The van der Waals surface area contributed by atoms with Crippen LogP contribution in [-0.2, 0) is 0 Å². The number of hydrogen-bond acceptors (Lipinski definition) is 3. The van der Waals surface area contributed by atoms with Crippen molar-refractivity contribution in [3.05, 3.63) is 30.3 Å². The molecule has 2 fully saturated rings. The summed E-state index contributed by atoms with van der Waals surface area (Å²) >= 11 is 0. The van der Waals surface area contributed by atoms with Gasteiger partial charge in [0.15, 0.2) is 0 Å². The largest absolute Gasteiger partial charge is 0.487 e. The van der Waals surface area contributed by atoms with E-state index in [4.69, 9.17) is 11.2 Å². The normalized spacial score (nSPS) is 21.2. The van der Waals surface area contributed by atoms with Crippen LogP contribution in [0.2, 0.25) is 0 Å². The maximum atomic E-state index is 12.4. The molecule has 3 rings (SSSR count). The number of benzene rings is 1. The molecule has 1 aromatic rings. The number of ether oxygens (including phenoxy) is 1. The molecule has 0 spiro atoms. The SMILES string of the molecule is C#CN1CC[C@@H](N(C)C(=O)N2CC(Oc3ccccc3)C2)C1. The van der Waals surface area contributed by atoms with Gasteiger partial charge in [-0.3, -0.25) is 0 Å². The van der Waals surface area contributed by atoms with E-state index in [1.165, 1.54) is 0 Å². The predicted octanol–water partition coefficient (Wildman–Crippen LogP) is 1.47. The topological polar surface area (TPSA) is 36.0 Å². The molecule has 116 valence electrons. The monoisotopic (exact) mass is 299 g/mol. The maximum absolute atomic E-state index is 12.4. The Morgan fingerprint density at radius 3 is 2.68 bits per heavy atom. The Morgan fingerprint density at radius 2 is 2.05 bits per heavy atom. The van der Waals surface area contributed by atoms with Crippen molar-refractivity contribution in [2.24, 2.45) is 0 Å². The van der Waals surface area contributed by atoms with E-state index >= 15 is 0 Å². The van der Waals surface area contributed by atoms with Crippen molar-refractivity contribution in [3.63, 3.8) is 0 Å². The van der Waals surface area contributed by atoms with Gasteiger partial charge < -0.3 is 19.4 Å². The highest BCUT2D eigenvalue weighted by molar-refractivity contribution is 5.75. The fourth-order valence-electron chi connectivity index (χ4n) is 2.91. The van der Waals surface area contributed by atoms with Crippen molar-refractivity contribution < 1.29 is 9.53 Å². The van der Waals surface area contributed by atoms with Crippen LogP contribution >= 0.6 is 0 Å². The van der Waals surface area contributed by atoms with Gasteiger partial charge in [-0.25, -0.2) is 4.79 Å². The second-order valence-corrected chi connectivity index (χ2v) is 5.87. The number of nitrogens with zero attached hydrogens (tertiary/aromatic N) is 3. The lowest BCUT2D eigenvalue weighted by Crippen LogP contribution is -2.60. The molecule has 0 aliphatic carbocycles. The summed E-state index contributed by atoms with van der Waals surface area (Å²) in [6.45, 7) is 2.91. The molecule has 0 bridgehead atoms. The zero-order valence-corrected chi connectivity index (χ0v) is 12.8. The summed E-state index contributed by atoms with van der Waals surface area (Å²) in [7, 11) is 1.86. The Kier molecular flexibility index (Phi) is 4.10. The lowest BCUT2D eigenvalue weighted by Gasteiger charge is -2.41. The molecule has 2 amide bonds. The van der Waals surface area contributed by atoms with Crippen molar-refractivity contribution in [2.45, 2.75) is 18.6 Å². The molecule has 2 aliphatic heterocycles. The summed E-state index contributed by atoms with van der Waals surface area (Å²) < 4.78 is 5.82. The summed E-state index contributed by atoms with van der Waals surface area (Å²) in [5, 5.41) is 0. The zero-order valence-electron chi connectivity index (χ0n) is 12.8. The molecule has 1 aromatic carbocycles. The number of hydrogen-bond donors (Lipinski definition) is 0. The highest BCUT2D eigenvalue weighted by atomic mass is 16.5. The number of terminal acetylenes is 1. The zero-order chi connectivity index (χ0) is 15.5. The van der Waals surface area contributed by atoms with Gasteiger partial charge in [0.25, 0.3) is 0 Å².